The van der Waals surface area contributed by atoms with Gasteiger partial charge in [-0.15, -0.1) is 0 Å². The highest BCUT2D eigenvalue weighted by atomic mass is 16.6. The van der Waals surface area contributed by atoms with Crippen molar-refractivity contribution in [2.45, 2.75) is 12.8 Å². The van der Waals surface area contributed by atoms with Gasteiger partial charge >= 0.3 is 0 Å². The molecular weight excluding hydrogens is 444 g/mol. The molecule has 0 aliphatic heterocycles. The van der Waals surface area contributed by atoms with Crippen LogP contribution in [0.5, 0.6) is 0 Å². The van der Waals surface area contributed by atoms with Crippen LogP contribution in [-0.2, 0) is 0 Å². The molecular formula is C14H8N6O12. The fourth-order valence-corrected chi connectivity index (χ4v) is 3.06. The number of nitro groups is 6. The van der Waals surface area contributed by atoms with E-state index in [9.17, 15) is 60.7 Å². The Bertz CT molecular complexity index is 1060. The lowest BCUT2D eigenvalue weighted by Crippen LogP contribution is -2.11. The Balaban J connectivity index is 3.04. The maximum Gasteiger partial charge on any atom is 0.286 e. The zero-order chi connectivity index (χ0) is 24.5. The van der Waals surface area contributed by atoms with Crippen LogP contribution < -0.4 is 0 Å². The molecule has 0 unspecified atom stereocenters. The zero-order valence-corrected chi connectivity index (χ0v) is 15.5. The minimum absolute atomic E-state index is 0.363. The zero-order valence-electron chi connectivity index (χ0n) is 15.5. The highest BCUT2D eigenvalue weighted by Gasteiger charge is 2.41. The van der Waals surface area contributed by atoms with Gasteiger partial charge in [-0.2, -0.15) is 0 Å². The van der Waals surface area contributed by atoms with Gasteiger partial charge in [0.05, 0.1) is 53.8 Å². The van der Waals surface area contributed by atoms with Gasteiger partial charge in [0.25, 0.3) is 34.1 Å². The van der Waals surface area contributed by atoms with E-state index in [0.29, 0.717) is 24.3 Å². The molecule has 0 spiro atoms. The summed E-state index contributed by atoms with van der Waals surface area (Å²) in [6, 6.07) is 1.45. The molecule has 0 saturated heterocycles. The molecule has 2 rings (SSSR count). The second-order valence-electron chi connectivity index (χ2n) is 6.06. The fourth-order valence-electron chi connectivity index (χ4n) is 3.06. The van der Waals surface area contributed by atoms with Gasteiger partial charge in [0, 0.05) is 5.92 Å². The third kappa shape index (κ3) is 4.08. The largest absolute Gasteiger partial charge is 0.286 e. The van der Waals surface area contributed by atoms with Gasteiger partial charge in [-0.05, 0) is 0 Å². The topological polar surface area (TPSA) is 259 Å². The number of nitrogens with zero attached hydrogens (tertiary/aromatic N) is 6. The number of hydrogen-bond donors (Lipinski definition) is 0. The highest BCUT2D eigenvalue weighted by molar-refractivity contribution is 5.69. The Morgan fingerprint density at radius 2 is 0.719 bits per heavy atom. The van der Waals surface area contributed by atoms with Crippen LogP contribution >= 0.6 is 0 Å². The van der Waals surface area contributed by atoms with Gasteiger partial charge in [0.15, 0.2) is 0 Å². The van der Waals surface area contributed by atoms with Crippen LogP contribution in [0.3, 0.4) is 0 Å². The SMILES string of the molecule is CC(c1c([N+](=O)[O-])cc([N+](=O)[O-])cc1[N+](=O)[O-])c1c([N+](=O)[O-])cc([N+](=O)[O-])cc1[N+](=O)[O-]. The van der Waals surface area contributed by atoms with Crippen molar-refractivity contribution >= 4 is 34.1 Å². The minimum atomic E-state index is -1.82. The predicted molar refractivity (Wildman–Crippen MR) is 100 cm³/mol. The minimum Gasteiger partial charge on any atom is -0.258 e. The molecule has 32 heavy (non-hydrogen) atoms. The molecule has 166 valence electrons. The van der Waals surface area contributed by atoms with Crippen LogP contribution in [0.25, 0.3) is 0 Å². The fraction of sp³-hybridized carbons (Fsp3) is 0.143. The molecule has 0 heterocycles. The molecule has 0 aliphatic rings. The van der Waals surface area contributed by atoms with Crippen molar-refractivity contribution in [3.8, 4) is 0 Å². The lowest BCUT2D eigenvalue weighted by molar-refractivity contribution is -0.405. The molecule has 0 saturated carbocycles. The molecule has 2 aromatic carbocycles. The van der Waals surface area contributed by atoms with E-state index in [1.54, 1.807) is 0 Å². The summed E-state index contributed by atoms with van der Waals surface area (Å²) in [7, 11) is 0. The molecule has 0 bridgehead atoms. The van der Waals surface area contributed by atoms with E-state index in [1.807, 2.05) is 0 Å². The lowest BCUT2D eigenvalue weighted by Gasteiger charge is -2.13. The van der Waals surface area contributed by atoms with E-state index in [1.165, 1.54) is 0 Å². The third-order valence-corrected chi connectivity index (χ3v) is 4.32. The summed E-state index contributed by atoms with van der Waals surface area (Å²) in [5.41, 5.74) is -8.64. The van der Waals surface area contributed by atoms with Gasteiger partial charge in [0.2, 0.25) is 0 Å². The molecule has 18 nitrogen and oxygen atoms in total. The maximum atomic E-state index is 11.5. The van der Waals surface area contributed by atoms with Crippen molar-refractivity contribution in [1.29, 1.82) is 0 Å². The summed E-state index contributed by atoms with van der Waals surface area (Å²) in [5.74, 6) is -1.82. The first-order valence-corrected chi connectivity index (χ1v) is 8.00. The summed E-state index contributed by atoms with van der Waals surface area (Å²) >= 11 is 0. The standard InChI is InChI=1S/C14H8N6O12/c1-6(13-9(17(25)26)2-7(15(21)22)3-10(13)18(27)28)14-11(19(29)30)4-8(16(23)24)5-12(14)20(31)32/h2-6H,1H3. The second kappa shape index (κ2) is 8.30. The second-order valence-corrected chi connectivity index (χ2v) is 6.06. The third-order valence-electron chi connectivity index (χ3n) is 4.32. The Kier molecular flexibility index (Phi) is 5.99. The number of nitro benzene ring substituents is 6. The van der Waals surface area contributed by atoms with Gasteiger partial charge < -0.3 is 0 Å². The van der Waals surface area contributed by atoms with E-state index < -0.39 is 80.7 Å². The Morgan fingerprint density at radius 1 is 0.500 bits per heavy atom. The smallest absolute Gasteiger partial charge is 0.258 e. The van der Waals surface area contributed by atoms with E-state index in [0.717, 1.165) is 6.92 Å². The van der Waals surface area contributed by atoms with Crippen LogP contribution in [-0.4, -0.2) is 29.5 Å². The first kappa shape index (κ1) is 23.1. The van der Waals surface area contributed by atoms with Crippen LogP contribution in [0.2, 0.25) is 0 Å². The number of benzene rings is 2. The average molecular weight is 452 g/mol. The normalized spacial score (nSPS) is 10.6. The quantitative estimate of drug-likeness (QED) is 0.412. The van der Waals surface area contributed by atoms with E-state index in [4.69, 9.17) is 0 Å². The predicted octanol–water partition coefficient (Wildman–Crippen LogP) is 3.29. The highest BCUT2D eigenvalue weighted by Crippen LogP contribution is 2.47. The number of rotatable bonds is 8. The summed E-state index contributed by atoms with van der Waals surface area (Å²) in [5, 5.41) is 68.0. The molecule has 2 aromatic rings. The van der Waals surface area contributed by atoms with Gasteiger partial charge in [-0.3, -0.25) is 60.7 Å². The Labute approximate surface area is 173 Å². The van der Waals surface area contributed by atoms with Crippen molar-refractivity contribution in [2.24, 2.45) is 0 Å². The van der Waals surface area contributed by atoms with E-state index >= 15 is 0 Å². The Hall–Kier alpha value is -5.16. The lowest BCUT2D eigenvalue weighted by atomic mass is 9.87. The van der Waals surface area contributed by atoms with Crippen molar-refractivity contribution in [2.75, 3.05) is 0 Å². The van der Waals surface area contributed by atoms with Crippen molar-refractivity contribution < 1.29 is 29.5 Å². The molecule has 0 N–H and O–H groups in total. The maximum absolute atomic E-state index is 11.5. The Morgan fingerprint density at radius 3 is 0.875 bits per heavy atom. The molecule has 0 radical (unpaired) electrons. The van der Waals surface area contributed by atoms with Crippen LogP contribution in [0.15, 0.2) is 24.3 Å². The van der Waals surface area contributed by atoms with Crippen LogP contribution in [0.4, 0.5) is 34.1 Å². The van der Waals surface area contributed by atoms with Gasteiger partial charge in [-0.1, -0.05) is 6.92 Å². The molecule has 0 atom stereocenters. The monoisotopic (exact) mass is 452 g/mol. The van der Waals surface area contributed by atoms with Crippen LogP contribution in [0, 0.1) is 60.7 Å². The van der Waals surface area contributed by atoms with Gasteiger partial charge in [0.1, 0.15) is 11.1 Å². The molecule has 0 aliphatic carbocycles. The van der Waals surface area contributed by atoms with Crippen LogP contribution in [0.1, 0.15) is 24.0 Å². The number of non-ortho nitro benzene ring substituents is 2. The van der Waals surface area contributed by atoms with Crippen molar-refractivity contribution in [3.63, 3.8) is 0 Å². The van der Waals surface area contributed by atoms with E-state index in [2.05, 4.69) is 0 Å². The van der Waals surface area contributed by atoms with Gasteiger partial charge in [-0.25, -0.2) is 0 Å². The first-order chi connectivity index (χ1) is 14.8. The summed E-state index contributed by atoms with van der Waals surface area (Å²) < 4.78 is 0. The van der Waals surface area contributed by atoms with Crippen molar-refractivity contribution in [1.82, 2.24) is 0 Å². The molecule has 0 fully saturated rings. The summed E-state index contributed by atoms with van der Waals surface area (Å²) in [6.45, 7) is 0.919. The molecule has 18 heteroatoms. The average Bonchev–Trinajstić information content (AvgIpc) is 2.70. The molecule has 0 amide bonds. The van der Waals surface area contributed by atoms with Crippen molar-refractivity contribution in [3.05, 3.63) is 96.1 Å². The first-order valence-electron chi connectivity index (χ1n) is 8.00. The number of hydrogen-bond acceptors (Lipinski definition) is 12. The van der Waals surface area contributed by atoms with E-state index in [-0.39, 0.29) is 0 Å². The summed E-state index contributed by atoms with van der Waals surface area (Å²) in [6.07, 6.45) is 0. The molecule has 0 aromatic heterocycles. The summed E-state index contributed by atoms with van der Waals surface area (Å²) in [4.78, 5) is 60.8.